The van der Waals surface area contributed by atoms with E-state index in [1.807, 2.05) is 76.2 Å². The molecule has 4 amide bonds. The third-order valence-corrected chi connectivity index (χ3v) is 13.3. The van der Waals surface area contributed by atoms with E-state index in [4.69, 9.17) is 9.57 Å². The lowest BCUT2D eigenvalue weighted by Gasteiger charge is -2.35. The van der Waals surface area contributed by atoms with Crippen molar-refractivity contribution in [3.8, 4) is 11.1 Å². The predicted octanol–water partition coefficient (Wildman–Crippen LogP) is 4.77. The summed E-state index contributed by atoms with van der Waals surface area (Å²) in [6.45, 7) is 7.42. The fourth-order valence-electron chi connectivity index (χ4n) is 8.21. The average molecular weight is 762 g/mol. The number of carbonyl (C=O) groups is 4. The minimum absolute atomic E-state index is 0.0173. The van der Waals surface area contributed by atoms with E-state index in [0.717, 1.165) is 54.4 Å². The lowest BCUT2D eigenvalue weighted by atomic mass is 9.85. The number of nitrogens with zero attached hydrogens (tertiary/aromatic N) is 2. The molecule has 2 aromatic carbocycles. The summed E-state index contributed by atoms with van der Waals surface area (Å²) < 4.78 is 33.5. The van der Waals surface area contributed by atoms with Crippen LogP contribution >= 0.6 is 0 Å². The molecule has 1 saturated heterocycles. The van der Waals surface area contributed by atoms with Gasteiger partial charge in [-0.15, -0.1) is 0 Å². The van der Waals surface area contributed by atoms with Crippen molar-refractivity contribution in [2.24, 2.45) is 16.5 Å². The number of sulfonamides is 1. The van der Waals surface area contributed by atoms with Crippen LogP contribution in [0.25, 0.3) is 11.1 Å². The topological polar surface area (TPSA) is 173 Å². The molecule has 0 aromatic heterocycles. The van der Waals surface area contributed by atoms with Gasteiger partial charge in [0.1, 0.15) is 35.5 Å². The van der Waals surface area contributed by atoms with Gasteiger partial charge in [-0.3, -0.25) is 19.1 Å². The van der Waals surface area contributed by atoms with Crippen LogP contribution in [-0.4, -0.2) is 84.5 Å². The first-order chi connectivity index (χ1) is 25.7. The van der Waals surface area contributed by atoms with Crippen LogP contribution in [0.5, 0.6) is 0 Å². The summed E-state index contributed by atoms with van der Waals surface area (Å²) in [6.07, 6.45) is 4.50. The van der Waals surface area contributed by atoms with Crippen molar-refractivity contribution >= 4 is 39.5 Å². The summed E-state index contributed by atoms with van der Waals surface area (Å²) in [5.41, 5.74) is 2.31. The minimum atomic E-state index is -3.86. The molecule has 54 heavy (non-hydrogen) atoms. The summed E-state index contributed by atoms with van der Waals surface area (Å²) in [7, 11) is -3.86. The molecule has 2 aromatic rings. The van der Waals surface area contributed by atoms with Crippen LogP contribution in [0.4, 0.5) is 4.79 Å². The monoisotopic (exact) mass is 761 g/mol. The Balaban J connectivity index is 1.16. The van der Waals surface area contributed by atoms with Crippen molar-refractivity contribution < 1.29 is 37.2 Å². The highest BCUT2D eigenvalue weighted by molar-refractivity contribution is 7.91. The molecule has 290 valence electrons. The molecule has 3 saturated carbocycles. The third-order valence-electron chi connectivity index (χ3n) is 11.4. The van der Waals surface area contributed by atoms with Crippen molar-refractivity contribution in [2.75, 3.05) is 6.54 Å². The molecular weight excluding hydrogens is 711 g/mol. The van der Waals surface area contributed by atoms with Crippen LogP contribution < -0.4 is 15.4 Å². The van der Waals surface area contributed by atoms with Crippen LogP contribution in [0.3, 0.4) is 0 Å². The van der Waals surface area contributed by atoms with Crippen molar-refractivity contribution in [3.05, 3.63) is 59.7 Å². The van der Waals surface area contributed by atoms with Crippen molar-refractivity contribution in [1.82, 2.24) is 20.3 Å². The number of carbonyl (C=O) groups excluding carboxylic acids is 4. The van der Waals surface area contributed by atoms with Crippen LogP contribution in [0.15, 0.2) is 53.7 Å². The number of nitrogens with one attached hydrogen (secondary N) is 3. The number of likely N-dealkylation sites (tertiary alicyclic amines) is 1. The van der Waals surface area contributed by atoms with Gasteiger partial charge in [0, 0.05) is 17.5 Å². The molecule has 3 N–H and O–H groups in total. The smallest absolute Gasteiger partial charge is 0.408 e. The molecule has 14 heteroatoms. The molecule has 0 bridgehead atoms. The molecule has 1 heterocycles. The molecule has 1 aliphatic heterocycles. The van der Waals surface area contributed by atoms with Gasteiger partial charge in [0.15, 0.2) is 0 Å². The number of oxime groups is 1. The van der Waals surface area contributed by atoms with E-state index in [-0.39, 0.29) is 31.4 Å². The van der Waals surface area contributed by atoms with Crippen molar-refractivity contribution in [1.29, 1.82) is 0 Å². The lowest BCUT2D eigenvalue weighted by molar-refractivity contribution is -0.143. The highest BCUT2D eigenvalue weighted by atomic mass is 32.2. The predicted molar refractivity (Wildman–Crippen MR) is 202 cm³/mol. The van der Waals surface area contributed by atoms with Crippen LogP contribution in [0, 0.1) is 11.3 Å². The summed E-state index contributed by atoms with van der Waals surface area (Å²) in [6, 6.07) is 13.6. The van der Waals surface area contributed by atoms with Gasteiger partial charge in [-0.05, 0) is 73.8 Å². The number of amides is 4. The van der Waals surface area contributed by atoms with E-state index in [1.54, 1.807) is 0 Å². The standard InChI is InChI=1S/C40H51N5O8S/c1-5-12-24-22-40(24,37(48)44-54(50,51)27-19-20-27)42-35(46)32-21-26(53-43-33-30-17-10-8-15-28(30)29-16-9-11-18-31(29)33)23-45(32)36(47)34(39(2,3)4)41-38(49)52-25-13-6-7-14-25/h8-11,15-18,24-27,32,34H,5-7,12-14,19-23H2,1-4H3,(H,41,49)(H,42,46)(H,44,48)/t24-,26-,32+,34-,40-/m1/s1. The fourth-order valence-corrected chi connectivity index (χ4v) is 9.57. The zero-order valence-corrected chi connectivity index (χ0v) is 32.2. The average Bonchev–Trinajstić information content (AvgIpc) is 3.95. The first-order valence-electron chi connectivity index (χ1n) is 19.3. The zero-order valence-electron chi connectivity index (χ0n) is 31.4. The second kappa shape index (κ2) is 14.6. The van der Waals surface area contributed by atoms with Crippen LogP contribution in [0.1, 0.15) is 103 Å². The first kappa shape index (κ1) is 37.8. The van der Waals surface area contributed by atoms with Gasteiger partial charge in [-0.2, -0.15) is 0 Å². The van der Waals surface area contributed by atoms with Crippen molar-refractivity contribution in [2.45, 2.75) is 127 Å². The van der Waals surface area contributed by atoms with Gasteiger partial charge in [0.05, 0.1) is 11.8 Å². The van der Waals surface area contributed by atoms with E-state index >= 15 is 0 Å². The van der Waals surface area contributed by atoms with E-state index in [0.29, 0.717) is 25.0 Å². The lowest BCUT2D eigenvalue weighted by Crippen LogP contribution is -2.60. The molecule has 13 nitrogen and oxygen atoms in total. The molecule has 7 rings (SSSR count). The molecule has 0 radical (unpaired) electrons. The molecule has 5 aliphatic rings. The van der Waals surface area contributed by atoms with Crippen LogP contribution in [-0.2, 0) is 34.0 Å². The summed E-state index contributed by atoms with van der Waals surface area (Å²) in [5, 5.41) is 9.71. The summed E-state index contributed by atoms with van der Waals surface area (Å²) in [4.78, 5) is 63.4. The quantitative estimate of drug-likeness (QED) is 0.222. The van der Waals surface area contributed by atoms with Gasteiger partial charge in [-0.25, -0.2) is 13.2 Å². The highest BCUT2D eigenvalue weighted by Crippen LogP contribution is 2.48. The Labute approximate surface area is 317 Å². The maximum atomic E-state index is 14.6. The van der Waals surface area contributed by atoms with Gasteiger partial charge in [-0.1, -0.05) is 87.8 Å². The fraction of sp³-hybridized carbons (Fsp3) is 0.575. The normalized spacial score (nSPS) is 25.3. The minimum Gasteiger partial charge on any atom is -0.446 e. The molecular formula is C40H51N5O8S. The number of hydrogen-bond acceptors (Lipinski definition) is 9. The van der Waals surface area contributed by atoms with Gasteiger partial charge >= 0.3 is 6.09 Å². The Bertz CT molecular complexity index is 1900. The number of fused-ring (bicyclic) bond motifs is 3. The molecule has 4 aliphatic carbocycles. The number of rotatable bonds is 12. The molecule has 0 unspecified atom stereocenters. The van der Waals surface area contributed by atoms with E-state index in [2.05, 4.69) is 20.5 Å². The Morgan fingerprint density at radius 3 is 2.11 bits per heavy atom. The van der Waals surface area contributed by atoms with Crippen molar-refractivity contribution in [3.63, 3.8) is 0 Å². The third kappa shape index (κ3) is 7.58. The zero-order chi connectivity index (χ0) is 38.4. The Hall–Kier alpha value is -4.46. The second-order valence-electron chi connectivity index (χ2n) is 16.6. The van der Waals surface area contributed by atoms with Gasteiger partial charge in [0.2, 0.25) is 21.8 Å². The molecule has 0 spiro atoms. The largest absolute Gasteiger partial charge is 0.446 e. The Kier molecular flexibility index (Phi) is 10.3. The Morgan fingerprint density at radius 1 is 0.926 bits per heavy atom. The summed E-state index contributed by atoms with van der Waals surface area (Å²) >= 11 is 0. The van der Waals surface area contributed by atoms with E-state index in [9.17, 15) is 27.6 Å². The van der Waals surface area contributed by atoms with Gasteiger partial charge in [0.25, 0.3) is 5.91 Å². The number of hydrogen-bond donors (Lipinski definition) is 3. The van der Waals surface area contributed by atoms with E-state index < -0.39 is 68.2 Å². The van der Waals surface area contributed by atoms with E-state index in [1.165, 1.54) is 4.90 Å². The number of benzene rings is 2. The summed E-state index contributed by atoms with van der Waals surface area (Å²) in [5.74, 6) is -2.12. The SMILES string of the molecule is CCC[C@@H]1C[C@]1(NC(=O)[C@@H]1C[C@@H](ON=C2c3ccccc3-c3ccccc32)CN1C(=O)[C@@H](NC(=O)OC1CCCC1)C(C)(C)C)C(=O)NS(=O)(=O)C1CC1. The Morgan fingerprint density at radius 2 is 1.54 bits per heavy atom. The maximum Gasteiger partial charge on any atom is 0.408 e. The highest BCUT2D eigenvalue weighted by Gasteiger charge is 2.62. The second-order valence-corrected chi connectivity index (χ2v) is 18.5. The number of ether oxygens (including phenoxy) is 1. The molecule has 4 fully saturated rings. The first-order valence-corrected chi connectivity index (χ1v) is 20.8. The maximum absolute atomic E-state index is 14.6. The van der Waals surface area contributed by atoms with Crippen LogP contribution in [0.2, 0.25) is 0 Å². The molecule has 5 atom stereocenters. The van der Waals surface area contributed by atoms with Gasteiger partial charge < -0.3 is 25.1 Å². The number of alkyl carbamates (subject to hydrolysis) is 1.